The number of ketones is 1. The number of hydrogen-bond donors (Lipinski definition) is 0. The van der Waals surface area contributed by atoms with Crippen LogP contribution in [0.3, 0.4) is 0 Å². The SMILES string of the molecule is COc1ccc([C@H]2C[C@@]23CSC(OCCCCBr)=CC3=O)cc1. The van der Waals surface area contributed by atoms with Gasteiger partial charge < -0.3 is 9.47 Å². The van der Waals surface area contributed by atoms with E-state index in [-0.39, 0.29) is 11.2 Å². The summed E-state index contributed by atoms with van der Waals surface area (Å²) in [4.78, 5) is 12.6. The number of hydrogen-bond acceptors (Lipinski definition) is 4. The number of alkyl halides is 1. The number of methoxy groups -OCH3 is 1. The van der Waals surface area contributed by atoms with E-state index in [0.717, 1.165) is 41.2 Å². The molecule has 2 aliphatic rings. The molecule has 0 N–H and O–H groups in total. The van der Waals surface area contributed by atoms with E-state index in [9.17, 15) is 4.79 Å². The van der Waals surface area contributed by atoms with Crippen LogP contribution in [0.4, 0.5) is 0 Å². The molecule has 0 bridgehead atoms. The van der Waals surface area contributed by atoms with Crippen LogP contribution in [-0.4, -0.2) is 30.6 Å². The third kappa shape index (κ3) is 3.61. The molecule has 1 aromatic carbocycles. The number of halogens is 1. The van der Waals surface area contributed by atoms with Crippen molar-refractivity contribution < 1.29 is 14.3 Å². The molecule has 1 aromatic rings. The zero-order valence-corrected chi connectivity index (χ0v) is 15.6. The Hall–Kier alpha value is -0.940. The average Bonchev–Trinajstić information content (AvgIpc) is 3.31. The third-order valence-electron chi connectivity index (χ3n) is 4.58. The van der Waals surface area contributed by atoms with Crippen LogP contribution < -0.4 is 4.74 Å². The molecule has 1 saturated carbocycles. The fourth-order valence-corrected chi connectivity index (χ4v) is 4.64. The van der Waals surface area contributed by atoms with Crippen LogP contribution in [0.1, 0.15) is 30.7 Å². The number of carbonyl (C=O) groups excluding carboxylic acids is 1. The largest absolute Gasteiger partial charge is 0.497 e. The molecular formula is C18H21BrO3S. The summed E-state index contributed by atoms with van der Waals surface area (Å²) in [7, 11) is 1.67. The summed E-state index contributed by atoms with van der Waals surface area (Å²) in [5, 5.41) is 1.78. The van der Waals surface area contributed by atoms with Crippen LogP contribution >= 0.6 is 27.7 Å². The molecular weight excluding hydrogens is 376 g/mol. The summed E-state index contributed by atoms with van der Waals surface area (Å²) < 4.78 is 10.9. The van der Waals surface area contributed by atoms with Crippen LogP contribution in [0.5, 0.6) is 5.75 Å². The van der Waals surface area contributed by atoms with Crippen molar-refractivity contribution in [1.29, 1.82) is 0 Å². The van der Waals surface area contributed by atoms with Crippen LogP contribution in [0, 0.1) is 5.41 Å². The zero-order valence-electron chi connectivity index (χ0n) is 13.2. The van der Waals surface area contributed by atoms with E-state index in [0.29, 0.717) is 12.5 Å². The van der Waals surface area contributed by atoms with Gasteiger partial charge in [-0.1, -0.05) is 39.8 Å². The van der Waals surface area contributed by atoms with E-state index in [1.807, 2.05) is 12.1 Å². The summed E-state index contributed by atoms with van der Waals surface area (Å²) >= 11 is 5.09. The molecule has 1 aliphatic heterocycles. The van der Waals surface area contributed by atoms with Crippen molar-refractivity contribution in [2.24, 2.45) is 5.41 Å². The molecule has 0 amide bonds. The Labute approximate surface area is 149 Å². The predicted molar refractivity (Wildman–Crippen MR) is 97.3 cm³/mol. The Kier molecular flexibility index (Phi) is 5.37. The van der Waals surface area contributed by atoms with Crippen molar-refractivity contribution in [2.45, 2.75) is 25.2 Å². The first-order valence-electron chi connectivity index (χ1n) is 7.91. The van der Waals surface area contributed by atoms with Gasteiger partial charge in [0.25, 0.3) is 0 Å². The Morgan fingerprint density at radius 3 is 2.74 bits per heavy atom. The van der Waals surface area contributed by atoms with Crippen molar-refractivity contribution in [1.82, 2.24) is 0 Å². The second-order valence-electron chi connectivity index (χ2n) is 6.05. The molecule has 5 heteroatoms. The van der Waals surface area contributed by atoms with Gasteiger partial charge in [-0.3, -0.25) is 4.79 Å². The molecule has 2 atom stereocenters. The number of ether oxygens (including phenoxy) is 2. The molecule has 0 radical (unpaired) electrons. The fraction of sp³-hybridized carbons (Fsp3) is 0.500. The average molecular weight is 397 g/mol. The van der Waals surface area contributed by atoms with Crippen LogP contribution in [0.15, 0.2) is 35.4 Å². The second-order valence-corrected chi connectivity index (χ2v) is 7.82. The smallest absolute Gasteiger partial charge is 0.167 e. The van der Waals surface area contributed by atoms with E-state index in [2.05, 4.69) is 28.1 Å². The molecule has 1 heterocycles. The first-order chi connectivity index (χ1) is 11.2. The topological polar surface area (TPSA) is 35.5 Å². The van der Waals surface area contributed by atoms with Crippen molar-refractivity contribution in [3.63, 3.8) is 0 Å². The third-order valence-corrected chi connectivity index (χ3v) is 6.32. The number of allylic oxidation sites excluding steroid dienone is 1. The fourth-order valence-electron chi connectivity index (χ4n) is 3.03. The first-order valence-corrected chi connectivity index (χ1v) is 10.0. The highest BCUT2D eigenvalue weighted by atomic mass is 79.9. The van der Waals surface area contributed by atoms with E-state index >= 15 is 0 Å². The number of benzene rings is 1. The van der Waals surface area contributed by atoms with Gasteiger partial charge in [0.15, 0.2) is 10.9 Å². The molecule has 0 saturated heterocycles. The lowest BCUT2D eigenvalue weighted by molar-refractivity contribution is -0.119. The minimum Gasteiger partial charge on any atom is -0.497 e. The van der Waals surface area contributed by atoms with Crippen molar-refractivity contribution in [3.05, 3.63) is 41.0 Å². The van der Waals surface area contributed by atoms with Gasteiger partial charge in [0.1, 0.15) is 5.75 Å². The van der Waals surface area contributed by atoms with Gasteiger partial charge in [0.2, 0.25) is 0 Å². The highest BCUT2D eigenvalue weighted by Crippen LogP contribution is 2.63. The molecule has 3 nitrogen and oxygen atoms in total. The number of thioether (sulfide) groups is 1. The molecule has 0 aromatic heterocycles. The summed E-state index contributed by atoms with van der Waals surface area (Å²) in [5.74, 6) is 2.24. The van der Waals surface area contributed by atoms with Crippen molar-refractivity contribution in [2.75, 3.05) is 24.8 Å². The van der Waals surface area contributed by atoms with Gasteiger partial charge in [-0.25, -0.2) is 0 Å². The van der Waals surface area contributed by atoms with Gasteiger partial charge >= 0.3 is 0 Å². The van der Waals surface area contributed by atoms with Crippen LogP contribution in [0.2, 0.25) is 0 Å². The van der Waals surface area contributed by atoms with E-state index < -0.39 is 0 Å². The normalized spacial score (nSPS) is 26.1. The Balaban J connectivity index is 1.60. The molecule has 3 rings (SSSR count). The molecule has 0 unspecified atom stereocenters. The Morgan fingerprint density at radius 1 is 1.30 bits per heavy atom. The lowest BCUT2D eigenvalue weighted by Gasteiger charge is -2.21. The Morgan fingerprint density at radius 2 is 2.09 bits per heavy atom. The highest BCUT2D eigenvalue weighted by Gasteiger charge is 2.60. The van der Waals surface area contributed by atoms with Gasteiger partial charge in [-0.2, -0.15) is 0 Å². The van der Waals surface area contributed by atoms with E-state index in [4.69, 9.17) is 9.47 Å². The number of unbranched alkanes of at least 4 members (excludes halogenated alkanes) is 1. The lowest BCUT2D eigenvalue weighted by Crippen LogP contribution is -2.23. The molecule has 1 fully saturated rings. The molecule has 1 spiro atoms. The number of rotatable bonds is 7. The van der Waals surface area contributed by atoms with Gasteiger partial charge in [0.05, 0.1) is 19.1 Å². The number of carbonyl (C=O) groups is 1. The summed E-state index contributed by atoms with van der Waals surface area (Å²) in [5.41, 5.74) is 1.02. The van der Waals surface area contributed by atoms with E-state index in [1.54, 1.807) is 24.9 Å². The molecule has 1 aliphatic carbocycles. The summed E-state index contributed by atoms with van der Waals surface area (Å²) in [6.07, 6.45) is 4.76. The second kappa shape index (κ2) is 7.31. The van der Waals surface area contributed by atoms with E-state index in [1.165, 1.54) is 5.56 Å². The maximum Gasteiger partial charge on any atom is 0.167 e. The van der Waals surface area contributed by atoms with Gasteiger partial charge in [0, 0.05) is 17.2 Å². The highest BCUT2D eigenvalue weighted by molar-refractivity contribution is 9.09. The maximum absolute atomic E-state index is 12.6. The van der Waals surface area contributed by atoms with Gasteiger partial charge in [-0.15, -0.1) is 0 Å². The van der Waals surface area contributed by atoms with Crippen LogP contribution in [-0.2, 0) is 9.53 Å². The van der Waals surface area contributed by atoms with Gasteiger partial charge in [-0.05, 0) is 42.9 Å². The van der Waals surface area contributed by atoms with Crippen molar-refractivity contribution >= 4 is 33.5 Å². The summed E-state index contributed by atoms with van der Waals surface area (Å²) in [6, 6.07) is 8.09. The molecule has 23 heavy (non-hydrogen) atoms. The van der Waals surface area contributed by atoms with Crippen molar-refractivity contribution in [3.8, 4) is 5.75 Å². The minimum atomic E-state index is -0.206. The first kappa shape index (κ1) is 16.9. The quantitative estimate of drug-likeness (QED) is 0.501. The summed E-state index contributed by atoms with van der Waals surface area (Å²) in [6.45, 7) is 0.687. The standard InChI is InChI=1S/C18H21BrO3S/c1-21-14-6-4-13(5-7-14)15-11-18(15)12-23-17(10-16(18)20)22-9-3-2-8-19/h4-7,10,15H,2-3,8-9,11-12H2,1H3/t15-,18-/m1/s1. The lowest BCUT2D eigenvalue weighted by atomic mass is 9.96. The predicted octanol–water partition coefficient (Wildman–Crippen LogP) is 4.52. The minimum absolute atomic E-state index is 0.206. The molecule has 124 valence electrons. The zero-order chi connectivity index (χ0) is 16.3. The van der Waals surface area contributed by atoms with Crippen LogP contribution in [0.25, 0.3) is 0 Å². The Bertz CT molecular complexity index is 599. The maximum atomic E-state index is 12.6. The monoisotopic (exact) mass is 396 g/mol.